The molecule has 3 aliphatic rings. The quantitative estimate of drug-likeness (QED) is 0.528. The van der Waals surface area contributed by atoms with Gasteiger partial charge in [-0.2, -0.15) is 0 Å². The molecule has 6 rings (SSSR count). The van der Waals surface area contributed by atoms with Gasteiger partial charge in [0.25, 0.3) is 0 Å². The van der Waals surface area contributed by atoms with Crippen LogP contribution >= 0.6 is 0 Å². The molecule has 4 heterocycles. The highest BCUT2D eigenvalue weighted by atomic mass is 19.1. The number of imidazole rings is 1. The van der Waals surface area contributed by atoms with E-state index in [1.165, 1.54) is 18.9 Å². The van der Waals surface area contributed by atoms with Gasteiger partial charge in [-0.25, -0.2) is 9.37 Å². The van der Waals surface area contributed by atoms with Crippen molar-refractivity contribution in [1.82, 2.24) is 24.7 Å². The van der Waals surface area contributed by atoms with E-state index in [9.17, 15) is 14.0 Å². The molecule has 3 aromatic rings. The molecule has 0 aliphatic carbocycles. The maximum absolute atomic E-state index is 14.2. The zero-order chi connectivity index (χ0) is 25.5. The van der Waals surface area contributed by atoms with Crippen LogP contribution in [-0.4, -0.2) is 62.9 Å². The molecule has 2 aromatic carbocycles. The number of nitrogens with one attached hydrogen (secondary N) is 1. The molecule has 3 saturated heterocycles. The molecule has 3 fully saturated rings. The third-order valence-electron chi connectivity index (χ3n) is 8.70. The van der Waals surface area contributed by atoms with Crippen molar-refractivity contribution in [3.8, 4) is 0 Å². The van der Waals surface area contributed by atoms with Crippen LogP contribution in [0.15, 0.2) is 54.9 Å². The minimum absolute atomic E-state index is 0.0244. The first-order valence-electron chi connectivity index (χ1n) is 13.5. The van der Waals surface area contributed by atoms with Crippen LogP contribution in [0.5, 0.6) is 0 Å². The predicted octanol–water partition coefficient (Wildman–Crippen LogP) is 4.07. The molecule has 3 aliphatic heterocycles. The number of nitrogens with zero attached hydrogens (tertiary/aromatic N) is 4. The summed E-state index contributed by atoms with van der Waals surface area (Å²) >= 11 is 0. The van der Waals surface area contributed by atoms with Crippen molar-refractivity contribution >= 4 is 22.8 Å². The lowest BCUT2D eigenvalue weighted by molar-refractivity contribution is -0.141. The smallest absolute Gasteiger partial charge is 0.227 e. The molecule has 0 saturated carbocycles. The number of benzene rings is 2. The first kappa shape index (κ1) is 24.1. The second-order valence-corrected chi connectivity index (χ2v) is 10.9. The Morgan fingerprint density at radius 2 is 1.76 bits per heavy atom. The number of fused-ring (bicyclic) bond motifs is 3. The monoisotopic (exact) mass is 503 g/mol. The average molecular weight is 504 g/mol. The van der Waals surface area contributed by atoms with Gasteiger partial charge >= 0.3 is 0 Å². The molecule has 1 aromatic heterocycles. The van der Waals surface area contributed by atoms with E-state index >= 15 is 0 Å². The van der Waals surface area contributed by atoms with Crippen LogP contribution < -0.4 is 5.32 Å². The number of piperidine rings is 1. The summed E-state index contributed by atoms with van der Waals surface area (Å²) in [6.45, 7) is 3.48. The summed E-state index contributed by atoms with van der Waals surface area (Å²) in [6.07, 6.45) is 7.06. The van der Waals surface area contributed by atoms with E-state index in [-0.39, 0.29) is 29.6 Å². The molecule has 1 N–H and O–H groups in total. The van der Waals surface area contributed by atoms with Gasteiger partial charge in [-0.1, -0.05) is 36.4 Å². The highest BCUT2D eigenvalue weighted by Crippen LogP contribution is 2.42. The van der Waals surface area contributed by atoms with Gasteiger partial charge in [0.15, 0.2) is 5.82 Å². The van der Waals surface area contributed by atoms with Gasteiger partial charge < -0.3 is 14.8 Å². The lowest BCUT2D eigenvalue weighted by Gasteiger charge is -2.41. The fourth-order valence-corrected chi connectivity index (χ4v) is 6.63. The first-order chi connectivity index (χ1) is 18.0. The van der Waals surface area contributed by atoms with Crippen LogP contribution in [0.2, 0.25) is 0 Å². The van der Waals surface area contributed by atoms with Crippen LogP contribution in [0.3, 0.4) is 0 Å². The van der Waals surface area contributed by atoms with Crippen molar-refractivity contribution in [3.63, 3.8) is 0 Å². The number of halogens is 1. The fourth-order valence-electron chi connectivity index (χ4n) is 6.63. The number of carbonyl (C=O) groups is 2. The summed E-state index contributed by atoms with van der Waals surface area (Å²) in [5.41, 5.74) is 2.45. The topological polar surface area (TPSA) is 70.5 Å². The van der Waals surface area contributed by atoms with E-state index in [0.29, 0.717) is 36.7 Å². The first-order valence-corrected chi connectivity index (χ1v) is 13.5. The summed E-state index contributed by atoms with van der Waals surface area (Å²) < 4.78 is 16.4. The highest BCUT2D eigenvalue weighted by molar-refractivity contribution is 5.84. The molecular weight excluding hydrogens is 469 g/mol. The Kier molecular flexibility index (Phi) is 6.44. The molecule has 0 spiro atoms. The zero-order valence-corrected chi connectivity index (χ0v) is 21.2. The lowest BCUT2D eigenvalue weighted by atomic mass is 9.94. The Balaban J connectivity index is 1.12. The maximum atomic E-state index is 14.2. The summed E-state index contributed by atoms with van der Waals surface area (Å²) in [7, 11) is 0. The fraction of sp³-hybridized carbons (Fsp3) is 0.483. The average Bonchev–Trinajstić information content (AvgIpc) is 3.39. The minimum atomic E-state index is -0.262. The number of amides is 2. The Hall–Kier alpha value is -3.26. The number of rotatable bonds is 7. The Morgan fingerprint density at radius 3 is 2.46 bits per heavy atom. The number of aromatic nitrogens is 2. The van der Waals surface area contributed by atoms with Crippen LogP contribution in [0, 0.1) is 11.7 Å². The minimum Gasteiger partial charge on any atom is -0.349 e. The zero-order valence-electron chi connectivity index (χ0n) is 21.2. The van der Waals surface area contributed by atoms with Crippen LogP contribution in [0.1, 0.15) is 56.7 Å². The van der Waals surface area contributed by atoms with E-state index in [1.807, 2.05) is 30.6 Å². The summed E-state index contributed by atoms with van der Waals surface area (Å²) in [5.74, 6) is -0.331. The van der Waals surface area contributed by atoms with E-state index in [2.05, 4.69) is 31.9 Å². The van der Waals surface area contributed by atoms with E-state index < -0.39 is 0 Å². The van der Waals surface area contributed by atoms with Gasteiger partial charge in [0.2, 0.25) is 11.8 Å². The van der Waals surface area contributed by atoms with Crippen molar-refractivity contribution in [2.24, 2.45) is 5.92 Å². The molecule has 0 radical (unpaired) electrons. The van der Waals surface area contributed by atoms with Crippen LogP contribution in [0.4, 0.5) is 4.39 Å². The second kappa shape index (κ2) is 9.89. The Labute approximate surface area is 216 Å². The van der Waals surface area contributed by atoms with Gasteiger partial charge in [0, 0.05) is 44.7 Å². The van der Waals surface area contributed by atoms with E-state index in [4.69, 9.17) is 0 Å². The van der Waals surface area contributed by atoms with Crippen LogP contribution in [-0.2, 0) is 9.59 Å². The van der Waals surface area contributed by atoms with Crippen molar-refractivity contribution < 1.29 is 14.0 Å². The molecular formula is C29H34FN5O2. The number of hydrogen-bond donors (Lipinski definition) is 1. The van der Waals surface area contributed by atoms with Crippen molar-refractivity contribution in [3.05, 3.63) is 66.2 Å². The molecule has 3 atom stereocenters. The van der Waals surface area contributed by atoms with Crippen molar-refractivity contribution in [2.45, 2.75) is 63.2 Å². The van der Waals surface area contributed by atoms with E-state index in [0.717, 1.165) is 36.9 Å². The second-order valence-electron chi connectivity index (χ2n) is 10.9. The molecule has 7 nitrogen and oxygen atoms in total. The Bertz CT molecular complexity index is 1270. The normalized spacial score (nSPS) is 24.7. The number of carbonyl (C=O) groups excluding carboxylic acids is 2. The van der Waals surface area contributed by atoms with Crippen LogP contribution in [0.25, 0.3) is 11.0 Å². The SMILES string of the molecule is CC(=O)N1CC(C(=O)N[C@@H](CCN2C3CCC2CC(n2cnc4c(F)cccc42)C3)c2ccccc2)C1. The predicted molar refractivity (Wildman–Crippen MR) is 139 cm³/mol. The molecule has 37 heavy (non-hydrogen) atoms. The number of likely N-dealkylation sites (tertiary alicyclic amines) is 1. The Morgan fingerprint density at radius 1 is 1.03 bits per heavy atom. The third-order valence-corrected chi connectivity index (χ3v) is 8.70. The summed E-state index contributed by atoms with van der Waals surface area (Å²) in [5, 5.41) is 3.29. The number of para-hydroxylation sites is 1. The molecule has 194 valence electrons. The van der Waals surface area contributed by atoms with Crippen molar-refractivity contribution in [2.75, 3.05) is 19.6 Å². The van der Waals surface area contributed by atoms with Crippen molar-refractivity contribution in [1.29, 1.82) is 0 Å². The molecule has 2 unspecified atom stereocenters. The van der Waals surface area contributed by atoms with Gasteiger partial charge in [0.1, 0.15) is 5.52 Å². The number of hydrogen-bond acceptors (Lipinski definition) is 4. The summed E-state index contributed by atoms with van der Waals surface area (Å²) in [4.78, 5) is 33.2. The largest absolute Gasteiger partial charge is 0.349 e. The summed E-state index contributed by atoms with van der Waals surface area (Å²) in [6, 6.07) is 16.6. The third kappa shape index (κ3) is 4.63. The van der Waals surface area contributed by atoms with Gasteiger partial charge in [-0.3, -0.25) is 14.5 Å². The molecule has 2 bridgehead atoms. The lowest BCUT2D eigenvalue weighted by Crippen LogP contribution is -2.55. The standard InChI is InChI=1S/C29H34FN5O2/c1-19(36)33-16-21(17-33)29(37)32-26(20-6-3-2-4-7-20)12-13-34-22-10-11-23(34)15-24(14-22)35-18-31-28-25(30)8-5-9-27(28)35/h2-9,18,21-24,26H,10-17H2,1H3,(H,32,37)/t22?,23?,24?,26-/m0/s1. The van der Waals surface area contributed by atoms with E-state index in [1.54, 1.807) is 17.9 Å². The molecule has 8 heteroatoms. The highest BCUT2D eigenvalue weighted by Gasteiger charge is 2.42. The maximum Gasteiger partial charge on any atom is 0.227 e. The van der Waals surface area contributed by atoms with Gasteiger partial charge in [-0.05, 0) is 49.8 Å². The van der Waals surface area contributed by atoms with Gasteiger partial charge in [-0.15, -0.1) is 0 Å². The molecule has 2 amide bonds. The van der Waals surface area contributed by atoms with Gasteiger partial charge in [0.05, 0.1) is 23.8 Å².